The van der Waals surface area contributed by atoms with Gasteiger partial charge >= 0.3 is 0 Å². The maximum absolute atomic E-state index is 12.0. The fourth-order valence-corrected chi connectivity index (χ4v) is 4.36. The summed E-state index contributed by atoms with van der Waals surface area (Å²) >= 11 is 1.75. The number of carbonyl (C=O) groups is 1. The molecule has 2 aliphatic rings. The highest BCUT2D eigenvalue weighted by atomic mass is 32.1. The van der Waals surface area contributed by atoms with E-state index >= 15 is 0 Å². The summed E-state index contributed by atoms with van der Waals surface area (Å²) in [4.78, 5) is 19.1. The molecule has 104 valence electrons. The van der Waals surface area contributed by atoms with E-state index in [4.69, 9.17) is 0 Å². The van der Waals surface area contributed by atoms with Crippen LogP contribution in [-0.4, -0.2) is 28.3 Å². The van der Waals surface area contributed by atoms with Crippen LogP contribution in [0.5, 0.6) is 0 Å². The van der Waals surface area contributed by atoms with E-state index in [-0.39, 0.29) is 0 Å². The van der Waals surface area contributed by atoms with Crippen LogP contribution in [0.25, 0.3) is 0 Å². The van der Waals surface area contributed by atoms with Crippen molar-refractivity contribution in [1.29, 1.82) is 0 Å². The van der Waals surface area contributed by atoms with E-state index in [1.165, 1.54) is 24.3 Å². The zero-order valence-electron chi connectivity index (χ0n) is 11.6. The molecule has 1 aromatic heterocycles. The molecular formula is C15H22N2OS. The summed E-state index contributed by atoms with van der Waals surface area (Å²) in [6.45, 7) is 4.12. The van der Waals surface area contributed by atoms with E-state index < -0.39 is 0 Å². The number of rotatable bonds is 3. The van der Waals surface area contributed by atoms with Gasteiger partial charge in [0, 0.05) is 29.5 Å². The monoisotopic (exact) mass is 278 g/mol. The minimum atomic E-state index is 0.307. The summed E-state index contributed by atoms with van der Waals surface area (Å²) in [5.74, 6) is 0.813. The molecule has 1 aromatic rings. The second kappa shape index (κ2) is 5.71. The first kappa shape index (κ1) is 13.3. The topological polar surface area (TPSA) is 33.2 Å². The van der Waals surface area contributed by atoms with Crippen LogP contribution in [0.4, 0.5) is 0 Å². The third-order valence-corrected chi connectivity index (χ3v) is 5.44. The van der Waals surface area contributed by atoms with Crippen LogP contribution < -0.4 is 0 Å². The second-order valence-electron chi connectivity index (χ2n) is 5.88. The van der Waals surface area contributed by atoms with Gasteiger partial charge in [-0.3, -0.25) is 9.69 Å². The molecule has 1 saturated heterocycles. The van der Waals surface area contributed by atoms with Crippen LogP contribution in [0.2, 0.25) is 0 Å². The maximum Gasteiger partial charge on any atom is 0.137 e. The Morgan fingerprint density at radius 1 is 1.37 bits per heavy atom. The van der Waals surface area contributed by atoms with Crippen LogP contribution in [0.1, 0.15) is 49.2 Å². The Bertz CT molecular complexity index is 457. The number of hydrogen-bond donors (Lipinski definition) is 0. The number of carbonyl (C=O) groups excluding carboxylic acids is 1. The first-order valence-corrected chi connectivity index (χ1v) is 8.30. The van der Waals surface area contributed by atoms with E-state index in [9.17, 15) is 4.79 Å². The minimum Gasteiger partial charge on any atom is -0.299 e. The first-order valence-electron chi connectivity index (χ1n) is 7.42. The molecule has 0 spiro atoms. The zero-order chi connectivity index (χ0) is 13.2. The Balaban J connectivity index is 1.71. The number of aryl methyl sites for hydroxylation is 1. The standard InChI is InChI=1S/C15H22N2OS/c1-11-10-19-15(16-11)9-17-8-3-2-6-13(17)12-5-4-7-14(12)18/h10,12-13H,2-9H2,1H3. The number of likely N-dealkylation sites (tertiary alicyclic amines) is 1. The number of piperidine rings is 1. The van der Waals surface area contributed by atoms with E-state index in [0.29, 0.717) is 17.7 Å². The predicted octanol–water partition coefficient (Wildman–Crippen LogP) is 3.18. The van der Waals surface area contributed by atoms with Crippen LogP contribution in [-0.2, 0) is 11.3 Å². The third-order valence-electron chi connectivity index (χ3n) is 4.49. The molecule has 1 aliphatic carbocycles. The molecule has 0 radical (unpaired) electrons. The molecule has 0 N–H and O–H groups in total. The van der Waals surface area contributed by atoms with E-state index in [2.05, 4.69) is 15.3 Å². The molecule has 2 heterocycles. The third kappa shape index (κ3) is 2.90. The molecule has 0 amide bonds. The van der Waals surface area contributed by atoms with Gasteiger partial charge in [0.1, 0.15) is 10.8 Å². The fourth-order valence-electron chi connectivity index (χ4n) is 3.57. The van der Waals surface area contributed by atoms with Crippen molar-refractivity contribution < 1.29 is 4.79 Å². The molecule has 2 atom stereocenters. The lowest BCUT2D eigenvalue weighted by molar-refractivity contribution is -0.123. The maximum atomic E-state index is 12.0. The van der Waals surface area contributed by atoms with E-state index in [1.54, 1.807) is 11.3 Å². The first-order chi connectivity index (χ1) is 9.24. The molecule has 1 saturated carbocycles. The number of Topliss-reactive ketones (excluding diaryl/α,β-unsaturated/α-hetero) is 1. The van der Waals surface area contributed by atoms with Gasteiger partial charge in [0.2, 0.25) is 0 Å². The quantitative estimate of drug-likeness (QED) is 0.851. The molecular weight excluding hydrogens is 256 g/mol. The lowest BCUT2D eigenvalue weighted by atomic mass is 9.88. The van der Waals surface area contributed by atoms with Gasteiger partial charge in [-0.2, -0.15) is 0 Å². The lowest BCUT2D eigenvalue weighted by Gasteiger charge is -2.38. The number of nitrogens with zero attached hydrogens (tertiary/aromatic N) is 2. The summed E-state index contributed by atoms with van der Waals surface area (Å²) in [6, 6.07) is 0.480. The van der Waals surface area contributed by atoms with Gasteiger partial charge in [-0.05, 0) is 39.2 Å². The summed E-state index contributed by atoms with van der Waals surface area (Å²) in [7, 11) is 0. The molecule has 3 rings (SSSR count). The van der Waals surface area contributed by atoms with Crippen molar-refractivity contribution in [3.8, 4) is 0 Å². The predicted molar refractivity (Wildman–Crippen MR) is 77.2 cm³/mol. The van der Waals surface area contributed by atoms with E-state index in [1.807, 2.05) is 6.92 Å². The number of aromatic nitrogens is 1. The van der Waals surface area contributed by atoms with Gasteiger partial charge in [-0.1, -0.05) is 6.42 Å². The van der Waals surface area contributed by atoms with Gasteiger partial charge < -0.3 is 0 Å². The van der Waals surface area contributed by atoms with E-state index in [0.717, 1.165) is 38.0 Å². The van der Waals surface area contributed by atoms with Crippen LogP contribution in [0.3, 0.4) is 0 Å². The Morgan fingerprint density at radius 2 is 2.26 bits per heavy atom. The second-order valence-corrected chi connectivity index (χ2v) is 6.82. The van der Waals surface area contributed by atoms with Crippen LogP contribution in [0.15, 0.2) is 5.38 Å². The molecule has 0 bridgehead atoms. The summed E-state index contributed by atoms with van der Waals surface area (Å²) in [6.07, 6.45) is 6.76. The average molecular weight is 278 g/mol. The molecule has 19 heavy (non-hydrogen) atoms. The van der Waals surface area contributed by atoms with Crippen molar-refractivity contribution in [2.75, 3.05) is 6.54 Å². The van der Waals surface area contributed by atoms with Gasteiger partial charge in [0.05, 0.1) is 6.54 Å². The number of thiazole rings is 1. The highest BCUT2D eigenvalue weighted by molar-refractivity contribution is 7.09. The van der Waals surface area contributed by atoms with Gasteiger partial charge in [0.15, 0.2) is 0 Å². The molecule has 0 aromatic carbocycles. The Labute approximate surface area is 119 Å². The number of ketones is 1. The van der Waals surface area contributed by atoms with Crippen molar-refractivity contribution in [2.45, 2.75) is 58.0 Å². The summed E-state index contributed by atoms with van der Waals surface area (Å²) in [5, 5.41) is 3.32. The van der Waals surface area contributed by atoms with Crippen molar-refractivity contribution in [2.24, 2.45) is 5.92 Å². The molecule has 2 fully saturated rings. The van der Waals surface area contributed by atoms with Crippen LogP contribution >= 0.6 is 11.3 Å². The Hall–Kier alpha value is -0.740. The molecule has 3 nitrogen and oxygen atoms in total. The highest BCUT2D eigenvalue weighted by Gasteiger charge is 2.36. The largest absolute Gasteiger partial charge is 0.299 e. The normalized spacial score (nSPS) is 29.0. The van der Waals surface area contributed by atoms with Gasteiger partial charge in [-0.15, -0.1) is 11.3 Å². The average Bonchev–Trinajstić information content (AvgIpc) is 2.99. The molecule has 2 unspecified atom stereocenters. The zero-order valence-corrected chi connectivity index (χ0v) is 12.4. The lowest BCUT2D eigenvalue weighted by Crippen LogP contribution is -2.44. The van der Waals surface area contributed by atoms with Gasteiger partial charge in [0.25, 0.3) is 0 Å². The van der Waals surface area contributed by atoms with Crippen molar-refractivity contribution in [1.82, 2.24) is 9.88 Å². The van der Waals surface area contributed by atoms with Crippen molar-refractivity contribution in [3.05, 3.63) is 16.1 Å². The summed E-state index contributed by atoms with van der Waals surface area (Å²) in [5.41, 5.74) is 1.12. The Morgan fingerprint density at radius 3 is 2.95 bits per heavy atom. The van der Waals surface area contributed by atoms with Crippen molar-refractivity contribution >= 4 is 17.1 Å². The van der Waals surface area contributed by atoms with Crippen LogP contribution in [0, 0.1) is 12.8 Å². The Kier molecular flexibility index (Phi) is 3.99. The number of hydrogen-bond acceptors (Lipinski definition) is 4. The highest BCUT2D eigenvalue weighted by Crippen LogP contribution is 2.33. The smallest absolute Gasteiger partial charge is 0.137 e. The SMILES string of the molecule is Cc1csc(CN2CCCCC2C2CCCC2=O)n1. The van der Waals surface area contributed by atoms with Crippen molar-refractivity contribution in [3.63, 3.8) is 0 Å². The molecule has 4 heteroatoms. The summed E-state index contributed by atoms with van der Waals surface area (Å²) < 4.78 is 0. The van der Waals surface area contributed by atoms with Gasteiger partial charge in [-0.25, -0.2) is 4.98 Å². The minimum absolute atomic E-state index is 0.307. The molecule has 1 aliphatic heterocycles. The fraction of sp³-hybridized carbons (Fsp3) is 0.733.